The number of hydrogen-bond donors (Lipinski definition) is 1. The van der Waals surface area contributed by atoms with E-state index in [1.807, 2.05) is 13.1 Å². The van der Waals surface area contributed by atoms with Crippen molar-refractivity contribution in [3.8, 4) is 0 Å². The molecule has 0 aliphatic carbocycles. The van der Waals surface area contributed by atoms with Crippen molar-refractivity contribution in [1.82, 2.24) is 5.06 Å². The summed E-state index contributed by atoms with van der Waals surface area (Å²) >= 11 is 0. The lowest BCUT2D eigenvalue weighted by atomic mass is 10.2. The van der Waals surface area contributed by atoms with Crippen LogP contribution in [-0.4, -0.2) is 37.8 Å². The number of hydrogen-bond acceptors (Lipinski definition) is 4. The molecule has 1 heterocycles. The van der Waals surface area contributed by atoms with E-state index in [0.29, 0.717) is 13.0 Å². The van der Waals surface area contributed by atoms with Crippen LogP contribution in [0.15, 0.2) is 12.7 Å². The van der Waals surface area contributed by atoms with E-state index in [2.05, 4.69) is 6.58 Å². The predicted octanol–water partition coefficient (Wildman–Crippen LogP) is 0.934. The van der Waals surface area contributed by atoms with Gasteiger partial charge in [0.25, 0.3) is 0 Å². The van der Waals surface area contributed by atoms with Gasteiger partial charge in [0.15, 0.2) is 5.35 Å². The van der Waals surface area contributed by atoms with Gasteiger partial charge in [0.05, 0.1) is 8.80 Å². The van der Waals surface area contributed by atoms with Crippen LogP contribution in [0.3, 0.4) is 0 Å². The summed E-state index contributed by atoms with van der Waals surface area (Å²) in [6.45, 7) is 7.91. The monoisotopic (exact) mass is 272 g/mol. The van der Waals surface area contributed by atoms with Crippen molar-refractivity contribution >= 4 is 20.8 Å². The van der Waals surface area contributed by atoms with E-state index in [1.54, 1.807) is 0 Å². The molecule has 1 aliphatic rings. The fraction of sp³-hybridized carbons (Fsp3) is 0.636. The number of carbonyl (C=O) groups excluding carboxylic acids is 2. The van der Waals surface area contributed by atoms with Crippen LogP contribution in [0.2, 0.25) is 13.1 Å². The highest BCUT2D eigenvalue weighted by molar-refractivity contribution is 6.59. The number of rotatable bonds is 3. The summed E-state index contributed by atoms with van der Waals surface area (Å²) in [4.78, 5) is 27.8. The van der Waals surface area contributed by atoms with Crippen LogP contribution in [0.25, 0.3) is 0 Å². The van der Waals surface area contributed by atoms with Crippen molar-refractivity contribution in [2.45, 2.75) is 37.7 Å². The third kappa shape index (κ3) is 2.91. The molecule has 7 heteroatoms. The van der Waals surface area contributed by atoms with E-state index >= 15 is 0 Å². The number of ether oxygens (including phenoxy) is 1. The van der Waals surface area contributed by atoms with Gasteiger partial charge in [-0.25, -0.2) is 9.59 Å². The summed E-state index contributed by atoms with van der Waals surface area (Å²) in [6.07, 6.45) is 3.49. The Balaban J connectivity index is 3.01. The lowest BCUT2D eigenvalue weighted by molar-refractivity contribution is -0.240. The van der Waals surface area contributed by atoms with Gasteiger partial charge < -0.3 is 15.3 Å². The van der Waals surface area contributed by atoms with Gasteiger partial charge >= 0.3 is 12.0 Å². The number of hydroxylamine groups is 2. The molecule has 0 spiro atoms. The van der Waals surface area contributed by atoms with Crippen LogP contribution >= 0.6 is 0 Å². The van der Waals surface area contributed by atoms with Gasteiger partial charge in [0.2, 0.25) is 0 Å². The van der Waals surface area contributed by atoms with E-state index in [-0.39, 0.29) is 0 Å². The van der Waals surface area contributed by atoms with Crippen molar-refractivity contribution in [1.29, 1.82) is 0 Å². The molecule has 6 nitrogen and oxygen atoms in total. The molecule has 0 aromatic rings. The van der Waals surface area contributed by atoms with Crippen LogP contribution < -0.4 is 5.73 Å². The topological polar surface area (TPSA) is 81.9 Å². The lowest BCUT2D eigenvalue weighted by Gasteiger charge is -2.45. The smallest absolute Gasteiger partial charge is 0.355 e. The number of primary amides is 1. The number of nitrogens with two attached hydrogens (primary N) is 1. The second-order valence-corrected chi connectivity index (χ2v) is 7.76. The first-order valence-corrected chi connectivity index (χ1v) is 8.90. The van der Waals surface area contributed by atoms with Crippen molar-refractivity contribution in [2.24, 2.45) is 5.73 Å². The Kier molecular flexibility index (Phi) is 4.91. The normalized spacial score (nSPS) is 23.5. The molecule has 1 aliphatic heterocycles. The van der Waals surface area contributed by atoms with E-state index in [4.69, 9.17) is 15.3 Å². The Bertz CT molecular complexity index is 340. The SMILES string of the molecule is C=CC(=O)ON(C(N)=O)C1([SiH](C)C)CCCCO1. The minimum absolute atomic E-state index is 0.542. The molecule has 102 valence electrons. The van der Waals surface area contributed by atoms with Gasteiger partial charge in [0.1, 0.15) is 0 Å². The predicted molar refractivity (Wildman–Crippen MR) is 69.1 cm³/mol. The van der Waals surface area contributed by atoms with E-state index in [9.17, 15) is 9.59 Å². The average Bonchev–Trinajstić information content (AvgIpc) is 2.35. The van der Waals surface area contributed by atoms with Gasteiger partial charge in [-0.2, -0.15) is 0 Å². The maximum atomic E-state index is 11.5. The molecule has 0 bridgehead atoms. The third-order valence-corrected chi connectivity index (χ3v) is 5.57. The molecule has 1 unspecified atom stereocenters. The molecule has 2 amide bonds. The fourth-order valence-corrected chi connectivity index (χ4v) is 3.97. The van der Waals surface area contributed by atoms with E-state index in [1.165, 1.54) is 0 Å². The second kappa shape index (κ2) is 6.01. The molecular weight excluding hydrogens is 252 g/mol. The molecular formula is C11H20N2O4Si. The van der Waals surface area contributed by atoms with Crippen LogP contribution in [0, 0.1) is 0 Å². The molecule has 0 radical (unpaired) electrons. The van der Waals surface area contributed by atoms with Gasteiger partial charge in [0, 0.05) is 12.7 Å². The van der Waals surface area contributed by atoms with Crippen LogP contribution in [0.1, 0.15) is 19.3 Å². The molecule has 0 aromatic heterocycles. The summed E-state index contributed by atoms with van der Waals surface area (Å²) in [7, 11) is -1.48. The first-order chi connectivity index (χ1) is 8.44. The molecule has 1 rings (SSSR count). The minimum Gasteiger partial charge on any atom is -0.356 e. The number of amides is 2. The zero-order valence-electron chi connectivity index (χ0n) is 10.8. The summed E-state index contributed by atoms with van der Waals surface area (Å²) in [5.41, 5.74) is 5.31. The zero-order chi connectivity index (χ0) is 13.8. The largest absolute Gasteiger partial charge is 0.356 e. The molecule has 1 atom stereocenters. The maximum Gasteiger partial charge on any atom is 0.355 e. The van der Waals surface area contributed by atoms with Crippen molar-refractivity contribution in [2.75, 3.05) is 6.61 Å². The van der Waals surface area contributed by atoms with E-state index < -0.39 is 26.1 Å². The minimum atomic E-state index is -1.48. The maximum absolute atomic E-state index is 11.5. The first kappa shape index (κ1) is 14.7. The summed E-state index contributed by atoms with van der Waals surface area (Å²) < 4.78 is 5.77. The Hall–Kier alpha value is -1.34. The summed E-state index contributed by atoms with van der Waals surface area (Å²) in [5, 5.41) is 0.0653. The van der Waals surface area contributed by atoms with Crippen LogP contribution in [0.5, 0.6) is 0 Å². The van der Waals surface area contributed by atoms with Crippen molar-refractivity contribution in [3.63, 3.8) is 0 Å². The highest BCUT2D eigenvalue weighted by Crippen LogP contribution is 2.31. The Morgan fingerprint density at radius 3 is 2.56 bits per heavy atom. The Labute approximate surface area is 108 Å². The highest BCUT2D eigenvalue weighted by Gasteiger charge is 2.47. The van der Waals surface area contributed by atoms with Crippen LogP contribution in [0.4, 0.5) is 4.79 Å². The van der Waals surface area contributed by atoms with E-state index in [0.717, 1.165) is 24.0 Å². The number of carbonyl (C=O) groups is 2. The number of urea groups is 1. The summed E-state index contributed by atoms with van der Waals surface area (Å²) in [6, 6.07) is -0.812. The highest BCUT2D eigenvalue weighted by atomic mass is 28.3. The second-order valence-electron chi connectivity index (χ2n) is 4.55. The molecule has 1 fully saturated rings. The standard InChI is InChI=1S/C11H20N2O4Si/c1-4-9(14)17-13(10(12)15)11(18(2)3)7-5-6-8-16-11/h4,18H,1,5-8H2,2-3H3,(H2,12,15). The van der Waals surface area contributed by atoms with Gasteiger partial charge in [-0.05, 0) is 19.3 Å². The van der Waals surface area contributed by atoms with Gasteiger partial charge in [-0.3, -0.25) is 0 Å². The van der Waals surface area contributed by atoms with Gasteiger partial charge in [-0.1, -0.05) is 19.7 Å². The molecule has 1 saturated heterocycles. The fourth-order valence-electron chi connectivity index (χ4n) is 2.09. The summed E-state index contributed by atoms with van der Waals surface area (Å²) in [5.74, 6) is -0.711. The molecule has 18 heavy (non-hydrogen) atoms. The van der Waals surface area contributed by atoms with Gasteiger partial charge in [-0.15, -0.1) is 5.06 Å². The average molecular weight is 272 g/mol. The quantitative estimate of drug-likeness (QED) is 0.471. The zero-order valence-corrected chi connectivity index (χ0v) is 12.0. The molecule has 0 aromatic carbocycles. The van der Waals surface area contributed by atoms with Crippen molar-refractivity contribution < 1.29 is 19.2 Å². The number of nitrogens with zero attached hydrogens (tertiary/aromatic N) is 1. The lowest BCUT2D eigenvalue weighted by Crippen LogP contribution is -2.63. The third-order valence-electron chi connectivity index (χ3n) is 3.08. The Morgan fingerprint density at radius 2 is 2.17 bits per heavy atom. The van der Waals surface area contributed by atoms with Crippen LogP contribution in [-0.2, 0) is 14.4 Å². The van der Waals surface area contributed by atoms with Crippen molar-refractivity contribution in [3.05, 3.63) is 12.7 Å². The molecule has 2 N–H and O–H groups in total. The Morgan fingerprint density at radius 1 is 1.50 bits per heavy atom. The molecule has 0 saturated carbocycles. The first-order valence-electron chi connectivity index (χ1n) is 6.02.